The van der Waals surface area contributed by atoms with Crippen LogP contribution in [0.15, 0.2) is 67.0 Å². The van der Waals surface area contributed by atoms with Gasteiger partial charge in [0.1, 0.15) is 5.65 Å². The van der Waals surface area contributed by atoms with Gasteiger partial charge < -0.3 is 9.88 Å². The van der Waals surface area contributed by atoms with Crippen molar-refractivity contribution in [3.8, 4) is 0 Å². The van der Waals surface area contributed by atoms with E-state index in [1.165, 1.54) is 0 Å². The normalized spacial score (nSPS) is 12.4. The summed E-state index contributed by atoms with van der Waals surface area (Å²) < 4.78 is 1.95. The van der Waals surface area contributed by atoms with Crippen LogP contribution in [0.1, 0.15) is 11.2 Å². The van der Waals surface area contributed by atoms with Crippen molar-refractivity contribution >= 4 is 42.6 Å². The quantitative estimate of drug-likeness (QED) is 0.562. The van der Waals surface area contributed by atoms with E-state index in [-0.39, 0.29) is 11.6 Å². The first-order valence-corrected chi connectivity index (χ1v) is 8.75. The molecule has 4 nitrogen and oxygen atoms in total. The van der Waals surface area contributed by atoms with Crippen LogP contribution in [0.2, 0.25) is 0 Å². The van der Waals surface area contributed by atoms with E-state index in [0.29, 0.717) is 0 Å². The molecule has 124 valence electrons. The number of carbonyl (C=O) groups excluding carboxylic acids is 1. The van der Waals surface area contributed by atoms with Crippen molar-refractivity contribution in [1.29, 1.82) is 0 Å². The number of benzene rings is 2. The fourth-order valence-corrected chi connectivity index (χ4v) is 3.47. The molecule has 0 saturated carbocycles. The van der Waals surface area contributed by atoms with Crippen LogP contribution >= 0.6 is 9.24 Å². The van der Waals surface area contributed by atoms with Crippen molar-refractivity contribution in [1.82, 2.24) is 9.55 Å². The highest BCUT2D eigenvalue weighted by Crippen LogP contribution is 2.32. The van der Waals surface area contributed by atoms with Crippen molar-refractivity contribution in [2.75, 3.05) is 5.32 Å². The fraction of sp³-hybridized carbons (Fsp3) is 0.100. The first-order chi connectivity index (χ1) is 12.1. The molecule has 2 aromatic carbocycles. The number of fused-ring (bicyclic) bond motifs is 2. The summed E-state index contributed by atoms with van der Waals surface area (Å²) >= 11 is 0. The number of hydrogen-bond acceptors (Lipinski definition) is 2. The number of nitrogens with one attached hydrogen (secondary N) is 1. The number of aromatic nitrogens is 2. The Balaban J connectivity index is 1.63. The van der Waals surface area contributed by atoms with Gasteiger partial charge in [0.2, 0.25) is 5.91 Å². The molecule has 0 spiro atoms. The van der Waals surface area contributed by atoms with Gasteiger partial charge in [-0.1, -0.05) is 30.3 Å². The molecular formula is C20H18N3OP. The topological polar surface area (TPSA) is 46.9 Å². The maximum Gasteiger partial charge on any atom is 0.235 e. The summed E-state index contributed by atoms with van der Waals surface area (Å²) in [5, 5.41) is 6.28. The summed E-state index contributed by atoms with van der Waals surface area (Å²) in [6.45, 7) is 0. The van der Waals surface area contributed by atoms with Gasteiger partial charge in [0, 0.05) is 30.5 Å². The molecule has 5 heteroatoms. The zero-order valence-electron chi connectivity index (χ0n) is 13.8. The molecule has 4 rings (SSSR count). The van der Waals surface area contributed by atoms with Crippen LogP contribution in [0.4, 0.5) is 5.69 Å². The van der Waals surface area contributed by atoms with Crippen LogP contribution < -0.4 is 5.32 Å². The SMILES string of the molecule is Cn1cc(C(P)C(=O)Nc2ccc3ccccc3c2)c2cccnc21. The molecule has 0 bridgehead atoms. The molecule has 2 aromatic heterocycles. The highest BCUT2D eigenvalue weighted by Gasteiger charge is 2.20. The number of carbonyl (C=O) groups is 1. The highest BCUT2D eigenvalue weighted by atomic mass is 31.0. The zero-order valence-corrected chi connectivity index (χ0v) is 15.0. The van der Waals surface area contributed by atoms with Crippen LogP contribution in [0.25, 0.3) is 21.8 Å². The van der Waals surface area contributed by atoms with Gasteiger partial charge in [-0.25, -0.2) is 4.98 Å². The Morgan fingerprint density at radius 1 is 1.12 bits per heavy atom. The second-order valence-corrected chi connectivity index (χ2v) is 6.77. The number of nitrogens with zero attached hydrogens (tertiary/aromatic N) is 2. The molecule has 0 aliphatic heterocycles. The second kappa shape index (κ2) is 6.30. The predicted octanol–water partition coefficient (Wildman–Crippen LogP) is 4.28. The van der Waals surface area contributed by atoms with E-state index in [1.54, 1.807) is 6.20 Å². The number of rotatable bonds is 3. The maximum absolute atomic E-state index is 12.7. The van der Waals surface area contributed by atoms with Crippen LogP contribution in [0.3, 0.4) is 0 Å². The van der Waals surface area contributed by atoms with E-state index in [0.717, 1.165) is 33.1 Å². The fourth-order valence-electron chi connectivity index (χ4n) is 3.12. The van der Waals surface area contributed by atoms with E-state index in [2.05, 4.69) is 25.6 Å². The molecule has 2 unspecified atom stereocenters. The van der Waals surface area contributed by atoms with E-state index in [4.69, 9.17) is 0 Å². The van der Waals surface area contributed by atoms with Crippen molar-refractivity contribution < 1.29 is 4.79 Å². The van der Waals surface area contributed by atoms with Crippen molar-refractivity contribution in [2.24, 2.45) is 7.05 Å². The first kappa shape index (κ1) is 15.8. The molecule has 4 aromatic rings. The van der Waals surface area contributed by atoms with Crippen LogP contribution in [0, 0.1) is 0 Å². The van der Waals surface area contributed by atoms with Gasteiger partial charge in [-0.3, -0.25) is 4.79 Å². The molecule has 1 amide bonds. The summed E-state index contributed by atoms with van der Waals surface area (Å²) in [4.78, 5) is 17.1. The first-order valence-electron chi connectivity index (χ1n) is 8.09. The molecule has 0 aliphatic rings. The number of pyridine rings is 1. The van der Waals surface area contributed by atoms with Crippen LogP contribution in [-0.2, 0) is 11.8 Å². The minimum absolute atomic E-state index is 0.0587. The van der Waals surface area contributed by atoms with E-state index in [1.807, 2.05) is 66.3 Å². The van der Waals surface area contributed by atoms with Crippen LogP contribution in [0.5, 0.6) is 0 Å². The lowest BCUT2D eigenvalue weighted by molar-refractivity contribution is -0.115. The lowest BCUT2D eigenvalue weighted by Gasteiger charge is -2.12. The van der Waals surface area contributed by atoms with Crippen molar-refractivity contribution in [3.05, 3.63) is 72.6 Å². The Kier molecular flexibility index (Phi) is 3.98. The van der Waals surface area contributed by atoms with E-state index < -0.39 is 0 Å². The molecule has 0 aliphatic carbocycles. The lowest BCUT2D eigenvalue weighted by Crippen LogP contribution is -2.16. The Hall–Kier alpha value is -2.71. The Morgan fingerprint density at radius 2 is 1.92 bits per heavy atom. The highest BCUT2D eigenvalue weighted by molar-refractivity contribution is 7.19. The zero-order chi connectivity index (χ0) is 17.4. The van der Waals surface area contributed by atoms with Gasteiger partial charge >= 0.3 is 0 Å². The molecule has 0 fully saturated rings. The smallest absolute Gasteiger partial charge is 0.235 e. The number of aryl methyl sites for hydroxylation is 1. The Bertz CT molecular complexity index is 1090. The molecule has 2 atom stereocenters. The number of hydrogen-bond donors (Lipinski definition) is 1. The van der Waals surface area contributed by atoms with Gasteiger partial charge in [0.25, 0.3) is 0 Å². The average Bonchev–Trinajstić information content (AvgIpc) is 2.98. The summed E-state index contributed by atoms with van der Waals surface area (Å²) in [6.07, 6.45) is 3.73. The van der Waals surface area contributed by atoms with Gasteiger partial charge in [-0.2, -0.15) is 0 Å². The third kappa shape index (κ3) is 2.90. The van der Waals surface area contributed by atoms with Gasteiger partial charge in [-0.05, 0) is 40.6 Å². The van der Waals surface area contributed by atoms with E-state index in [9.17, 15) is 4.79 Å². The Labute approximate surface area is 148 Å². The molecule has 2 heterocycles. The summed E-state index contributed by atoms with van der Waals surface area (Å²) in [7, 11) is 4.59. The average molecular weight is 347 g/mol. The molecule has 1 N–H and O–H groups in total. The molecule has 0 saturated heterocycles. The van der Waals surface area contributed by atoms with Crippen LogP contribution in [-0.4, -0.2) is 15.5 Å². The molecule has 25 heavy (non-hydrogen) atoms. The lowest BCUT2D eigenvalue weighted by atomic mass is 10.1. The standard InChI is InChI=1S/C20H18N3OP/c1-23-12-17(16-7-4-10-21-19(16)23)18(25)20(24)22-15-9-8-13-5-2-3-6-14(13)11-15/h2-12,18H,25H2,1H3,(H,22,24). The predicted molar refractivity (Wildman–Crippen MR) is 106 cm³/mol. The van der Waals surface area contributed by atoms with E-state index >= 15 is 0 Å². The molecule has 0 radical (unpaired) electrons. The van der Waals surface area contributed by atoms with Crippen molar-refractivity contribution in [2.45, 2.75) is 5.66 Å². The number of amides is 1. The van der Waals surface area contributed by atoms with Crippen molar-refractivity contribution in [3.63, 3.8) is 0 Å². The molecular weight excluding hydrogens is 329 g/mol. The second-order valence-electron chi connectivity index (χ2n) is 6.10. The minimum Gasteiger partial charge on any atom is -0.335 e. The third-order valence-corrected chi connectivity index (χ3v) is 5.06. The minimum atomic E-state index is -0.348. The monoisotopic (exact) mass is 347 g/mol. The summed E-state index contributed by atoms with van der Waals surface area (Å²) in [6, 6.07) is 17.9. The Morgan fingerprint density at radius 3 is 2.76 bits per heavy atom. The number of anilines is 1. The maximum atomic E-state index is 12.7. The van der Waals surface area contributed by atoms with Gasteiger partial charge in [-0.15, -0.1) is 9.24 Å². The summed E-state index contributed by atoms with van der Waals surface area (Å²) in [5.41, 5.74) is 2.28. The van der Waals surface area contributed by atoms with Gasteiger partial charge in [0.15, 0.2) is 0 Å². The third-order valence-electron chi connectivity index (χ3n) is 4.40. The largest absolute Gasteiger partial charge is 0.335 e. The van der Waals surface area contributed by atoms with Gasteiger partial charge in [0.05, 0.1) is 5.66 Å². The summed E-state index contributed by atoms with van der Waals surface area (Å²) in [5.74, 6) is -0.0587.